The highest BCUT2D eigenvalue weighted by atomic mass is 15.0. The van der Waals surface area contributed by atoms with Crippen LogP contribution in [0.2, 0.25) is 0 Å². The predicted octanol–water partition coefficient (Wildman–Crippen LogP) is 4.21. The lowest BCUT2D eigenvalue weighted by molar-refractivity contribution is 1.08. The van der Waals surface area contributed by atoms with Crippen LogP contribution in [0.25, 0.3) is 22.6 Å². The van der Waals surface area contributed by atoms with Crippen LogP contribution in [0.15, 0.2) is 85.5 Å². The predicted molar refractivity (Wildman–Crippen MR) is 102 cm³/mol. The molecule has 0 atom stereocenters. The van der Waals surface area contributed by atoms with Crippen molar-refractivity contribution in [1.82, 2.24) is 19.9 Å². The molecule has 0 aliphatic rings. The van der Waals surface area contributed by atoms with Gasteiger partial charge in [-0.15, -0.1) is 0 Å². The summed E-state index contributed by atoms with van der Waals surface area (Å²) in [5.41, 5.74) is 4.01. The van der Waals surface area contributed by atoms with Crippen LogP contribution in [0.5, 0.6) is 0 Å². The summed E-state index contributed by atoms with van der Waals surface area (Å²) in [5, 5.41) is 3.39. The van der Waals surface area contributed by atoms with E-state index in [0.29, 0.717) is 12.4 Å². The Kier molecular flexibility index (Phi) is 4.60. The molecule has 0 radical (unpaired) electrons. The molecule has 126 valence electrons. The van der Waals surface area contributed by atoms with Crippen molar-refractivity contribution in [2.24, 2.45) is 0 Å². The summed E-state index contributed by atoms with van der Waals surface area (Å²) in [7, 11) is 0. The zero-order valence-electron chi connectivity index (χ0n) is 14.1. The Morgan fingerprint density at radius 1 is 0.692 bits per heavy atom. The maximum Gasteiger partial charge on any atom is 0.162 e. The number of nitrogens with zero attached hydrogens (tertiary/aromatic N) is 4. The third-order valence-electron chi connectivity index (χ3n) is 3.96. The van der Waals surface area contributed by atoms with Crippen molar-refractivity contribution >= 4 is 5.82 Å². The van der Waals surface area contributed by atoms with Crippen LogP contribution in [0.4, 0.5) is 5.82 Å². The Hall–Kier alpha value is -3.60. The first kappa shape index (κ1) is 15.9. The number of aromatic nitrogens is 4. The van der Waals surface area contributed by atoms with Crippen molar-refractivity contribution in [3.05, 3.63) is 91.0 Å². The highest BCUT2D eigenvalue weighted by molar-refractivity contribution is 5.67. The van der Waals surface area contributed by atoms with E-state index in [2.05, 4.69) is 20.3 Å². The normalized spacial score (nSPS) is 10.5. The average Bonchev–Trinajstić information content (AvgIpc) is 2.74. The van der Waals surface area contributed by atoms with Crippen LogP contribution < -0.4 is 5.32 Å². The van der Waals surface area contributed by atoms with Gasteiger partial charge in [-0.2, -0.15) is 0 Å². The molecule has 0 aliphatic carbocycles. The van der Waals surface area contributed by atoms with Crippen molar-refractivity contribution in [3.8, 4) is 22.6 Å². The van der Waals surface area contributed by atoms with E-state index in [-0.39, 0.29) is 0 Å². The van der Waals surface area contributed by atoms with E-state index >= 15 is 0 Å². The number of pyridine rings is 2. The first-order valence-electron chi connectivity index (χ1n) is 8.36. The maximum absolute atomic E-state index is 4.74. The molecule has 3 aromatic heterocycles. The number of hydrogen-bond acceptors (Lipinski definition) is 5. The fourth-order valence-corrected chi connectivity index (χ4v) is 2.62. The molecule has 0 amide bonds. The largest absolute Gasteiger partial charge is 0.366 e. The lowest BCUT2D eigenvalue weighted by Crippen LogP contribution is -2.04. The second-order valence-corrected chi connectivity index (χ2v) is 5.77. The van der Waals surface area contributed by atoms with Gasteiger partial charge < -0.3 is 5.32 Å². The molecule has 4 aromatic rings. The minimum absolute atomic E-state index is 0.670. The van der Waals surface area contributed by atoms with Crippen molar-refractivity contribution in [2.75, 3.05) is 5.32 Å². The second-order valence-electron chi connectivity index (χ2n) is 5.77. The van der Waals surface area contributed by atoms with E-state index < -0.39 is 0 Å². The molecule has 0 saturated carbocycles. The van der Waals surface area contributed by atoms with Crippen LogP contribution >= 0.6 is 0 Å². The standard InChI is InChI=1S/C21H17N5/c1-2-4-17(5-3-1)19-14-20(24-15-16-6-10-22-11-7-16)26-21(25-19)18-8-12-23-13-9-18/h1-14H,15H2,(H,24,25,26). The zero-order chi connectivity index (χ0) is 17.6. The summed E-state index contributed by atoms with van der Waals surface area (Å²) in [6.45, 7) is 0.670. The zero-order valence-corrected chi connectivity index (χ0v) is 14.1. The summed E-state index contributed by atoms with van der Waals surface area (Å²) in [5.74, 6) is 1.45. The average molecular weight is 339 g/mol. The molecule has 0 aliphatic heterocycles. The summed E-state index contributed by atoms with van der Waals surface area (Å²) in [4.78, 5) is 17.5. The minimum atomic E-state index is 0.670. The third-order valence-corrected chi connectivity index (χ3v) is 3.96. The molecular weight excluding hydrogens is 322 g/mol. The summed E-state index contributed by atoms with van der Waals surface area (Å²) in [6, 6.07) is 19.9. The van der Waals surface area contributed by atoms with Gasteiger partial charge in [-0.1, -0.05) is 30.3 Å². The number of rotatable bonds is 5. The molecule has 0 fully saturated rings. The van der Waals surface area contributed by atoms with Gasteiger partial charge >= 0.3 is 0 Å². The molecule has 0 saturated heterocycles. The van der Waals surface area contributed by atoms with E-state index in [4.69, 9.17) is 4.98 Å². The van der Waals surface area contributed by atoms with E-state index in [0.717, 1.165) is 28.2 Å². The quantitative estimate of drug-likeness (QED) is 0.590. The van der Waals surface area contributed by atoms with Gasteiger partial charge in [-0.25, -0.2) is 9.97 Å². The molecule has 5 nitrogen and oxygen atoms in total. The SMILES string of the molecule is c1ccc(-c2cc(NCc3ccncc3)nc(-c3ccncc3)n2)cc1. The fraction of sp³-hybridized carbons (Fsp3) is 0.0476. The van der Waals surface area contributed by atoms with Gasteiger partial charge in [0.2, 0.25) is 0 Å². The van der Waals surface area contributed by atoms with Crippen molar-refractivity contribution in [1.29, 1.82) is 0 Å². The Morgan fingerprint density at radius 2 is 1.38 bits per heavy atom. The van der Waals surface area contributed by atoms with Crippen LogP contribution in [0.1, 0.15) is 5.56 Å². The van der Waals surface area contributed by atoms with E-state index in [1.165, 1.54) is 0 Å². The Morgan fingerprint density at radius 3 is 2.12 bits per heavy atom. The number of benzene rings is 1. The number of nitrogens with one attached hydrogen (secondary N) is 1. The molecule has 0 spiro atoms. The molecule has 0 bridgehead atoms. The molecule has 5 heteroatoms. The van der Waals surface area contributed by atoms with E-state index in [9.17, 15) is 0 Å². The van der Waals surface area contributed by atoms with Gasteiger partial charge in [0.1, 0.15) is 5.82 Å². The van der Waals surface area contributed by atoms with Gasteiger partial charge in [-0.3, -0.25) is 9.97 Å². The summed E-state index contributed by atoms with van der Waals surface area (Å²) in [6.07, 6.45) is 7.07. The minimum Gasteiger partial charge on any atom is -0.366 e. The van der Waals surface area contributed by atoms with Crippen molar-refractivity contribution in [3.63, 3.8) is 0 Å². The summed E-state index contributed by atoms with van der Waals surface area (Å²) < 4.78 is 0. The third kappa shape index (κ3) is 3.72. The first-order chi connectivity index (χ1) is 12.9. The molecule has 0 unspecified atom stereocenters. The topological polar surface area (TPSA) is 63.6 Å². The smallest absolute Gasteiger partial charge is 0.162 e. The van der Waals surface area contributed by atoms with E-state index in [1.807, 2.05) is 60.7 Å². The van der Waals surface area contributed by atoms with Gasteiger partial charge in [0.15, 0.2) is 5.82 Å². The van der Waals surface area contributed by atoms with Gasteiger partial charge in [0.05, 0.1) is 5.69 Å². The van der Waals surface area contributed by atoms with Gasteiger partial charge in [0.25, 0.3) is 0 Å². The van der Waals surface area contributed by atoms with Crippen LogP contribution in [0.3, 0.4) is 0 Å². The molecule has 26 heavy (non-hydrogen) atoms. The van der Waals surface area contributed by atoms with Crippen LogP contribution in [-0.4, -0.2) is 19.9 Å². The van der Waals surface area contributed by atoms with Gasteiger partial charge in [-0.05, 0) is 29.8 Å². The molecule has 1 N–H and O–H groups in total. The fourth-order valence-electron chi connectivity index (χ4n) is 2.62. The monoisotopic (exact) mass is 339 g/mol. The van der Waals surface area contributed by atoms with Crippen LogP contribution in [0, 0.1) is 0 Å². The van der Waals surface area contributed by atoms with Crippen molar-refractivity contribution < 1.29 is 0 Å². The highest BCUT2D eigenvalue weighted by Crippen LogP contribution is 2.24. The lowest BCUT2D eigenvalue weighted by Gasteiger charge is -2.10. The van der Waals surface area contributed by atoms with Crippen molar-refractivity contribution in [2.45, 2.75) is 6.54 Å². The second kappa shape index (κ2) is 7.53. The highest BCUT2D eigenvalue weighted by Gasteiger charge is 2.08. The Labute approximate surface area is 151 Å². The Balaban J connectivity index is 1.70. The number of hydrogen-bond donors (Lipinski definition) is 1. The Bertz CT molecular complexity index is 915. The molecular formula is C21H17N5. The van der Waals surface area contributed by atoms with E-state index in [1.54, 1.807) is 24.8 Å². The number of anilines is 1. The van der Waals surface area contributed by atoms with Crippen LogP contribution in [-0.2, 0) is 6.54 Å². The van der Waals surface area contributed by atoms with Gasteiger partial charge in [0, 0.05) is 48.5 Å². The first-order valence-corrected chi connectivity index (χ1v) is 8.36. The maximum atomic E-state index is 4.74. The molecule has 3 heterocycles. The molecule has 1 aromatic carbocycles. The summed E-state index contributed by atoms with van der Waals surface area (Å²) >= 11 is 0. The molecule has 4 rings (SSSR count). The lowest BCUT2D eigenvalue weighted by atomic mass is 10.1.